The van der Waals surface area contributed by atoms with Gasteiger partial charge in [0.15, 0.2) is 0 Å². The summed E-state index contributed by atoms with van der Waals surface area (Å²) in [5, 5.41) is 6.95. The van der Waals surface area contributed by atoms with E-state index in [0.29, 0.717) is 0 Å². The van der Waals surface area contributed by atoms with Gasteiger partial charge in [-0.15, -0.1) is 0 Å². The highest BCUT2D eigenvalue weighted by Crippen LogP contribution is 2.38. The lowest BCUT2D eigenvalue weighted by molar-refractivity contribution is 0.668. The number of hydrogen-bond acceptors (Lipinski definition) is 2. The zero-order valence-corrected chi connectivity index (χ0v) is 29.4. The molecule has 0 unspecified atom stereocenters. The minimum Gasteiger partial charge on any atom is -0.456 e. The Hall–Kier alpha value is -7.10. The van der Waals surface area contributed by atoms with E-state index in [-0.39, 0.29) is 0 Å². The van der Waals surface area contributed by atoms with Gasteiger partial charge in [-0.3, -0.25) is 0 Å². The predicted molar refractivity (Wildman–Crippen MR) is 226 cm³/mol. The number of benzene rings is 8. The van der Waals surface area contributed by atoms with E-state index in [0.717, 1.165) is 67.1 Å². The van der Waals surface area contributed by atoms with Crippen molar-refractivity contribution >= 4 is 71.8 Å². The summed E-state index contributed by atoms with van der Waals surface area (Å²) in [6.07, 6.45) is 2.68. The predicted octanol–water partition coefficient (Wildman–Crippen LogP) is 14.2. The molecule has 0 N–H and O–H groups in total. The van der Waals surface area contributed by atoms with Crippen molar-refractivity contribution in [3.63, 3.8) is 0 Å². The molecule has 0 spiro atoms. The Bertz CT molecular complexity index is 3260. The number of hydrogen-bond donors (Lipinski definition) is 0. The SMILES string of the molecule is C=Cc1ccc2oc3cc(Cc4cccc(-c5ccc6oc7ccc(-n8c9ccccc9c9cc(-c%10ccccc%10)ccc98)cc7c6c5)c4)ccc3c2c1. The fourth-order valence-corrected chi connectivity index (χ4v) is 8.32. The van der Waals surface area contributed by atoms with Crippen LogP contribution in [0.5, 0.6) is 0 Å². The number of rotatable bonds is 6. The van der Waals surface area contributed by atoms with Crippen LogP contribution in [0.4, 0.5) is 0 Å². The van der Waals surface area contributed by atoms with Gasteiger partial charge in [-0.25, -0.2) is 0 Å². The molecule has 0 aliphatic rings. The smallest absolute Gasteiger partial charge is 0.135 e. The molecule has 8 aromatic carbocycles. The van der Waals surface area contributed by atoms with Crippen LogP contribution in [-0.2, 0) is 6.42 Å². The van der Waals surface area contributed by atoms with E-state index in [1.807, 2.05) is 18.2 Å². The molecule has 3 aromatic heterocycles. The van der Waals surface area contributed by atoms with E-state index in [9.17, 15) is 0 Å². The second-order valence-corrected chi connectivity index (χ2v) is 14.2. The molecule has 0 aliphatic heterocycles. The van der Waals surface area contributed by atoms with E-state index in [1.165, 1.54) is 49.6 Å². The third-order valence-electron chi connectivity index (χ3n) is 11.0. The molecule has 0 atom stereocenters. The van der Waals surface area contributed by atoms with Gasteiger partial charge in [0.1, 0.15) is 22.3 Å². The summed E-state index contributed by atoms with van der Waals surface area (Å²) in [6, 6.07) is 60.9. The van der Waals surface area contributed by atoms with Crippen LogP contribution in [0.2, 0.25) is 0 Å². The monoisotopic (exact) mass is 691 g/mol. The number of para-hydroxylation sites is 1. The maximum absolute atomic E-state index is 6.40. The van der Waals surface area contributed by atoms with Gasteiger partial charge in [0.05, 0.1) is 11.0 Å². The van der Waals surface area contributed by atoms with Crippen LogP contribution in [0, 0.1) is 0 Å². The Morgan fingerprint density at radius 1 is 0.407 bits per heavy atom. The summed E-state index contributed by atoms with van der Waals surface area (Å²) >= 11 is 0. The Morgan fingerprint density at radius 3 is 1.94 bits per heavy atom. The largest absolute Gasteiger partial charge is 0.456 e. The lowest BCUT2D eigenvalue weighted by atomic mass is 9.97. The van der Waals surface area contributed by atoms with Gasteiger partial charge in [-0.1, -0.05) is 116 Å². The molecule has 54 heavy (non-hydrogen) atoms. The first-order valence-electron chi connectivity index (χ1n) is 18.4. The molecule has 254 valence electrons. The molecule has 0 saturated heterocycles. The van der Waals surface area contributed by atoms with Crippen molar-refractivity contribution in [1.29, 1.82) is 0 Å². The van der Waals surface area contributed by atoms with Gasteiger partial charge < -0.3 is 13.4 Å². The third kappa shape index (κ3) is 4.90. The molecule has 3 heterocycles. The van der Waals surface area contributed by atoms with Crippen LogP contribution in [0.25, 0.3) is 99.7 Å². The van der Waals surface area contributed by atoms with Crippen molar-refractivity contribution in [2.24, 2.45) is 0 Å². The highest BCUT2D eigenvalue weighted by Gasteiger charge is 2.16. The van der Waals surface area contributed by atoms with Crippen LogP contribution >= 0.6 is 0 Å². The normalized spacial score (nSPS) is 11.9. The zero-order valence-electron chi connectivity index (χ0n) is 29.4. The average molecular weight is 692 g/mol. The van der Waals surface area contributed by atoms with Gasteiger partial charge in [0, 0.05) is 38.0 Å². The molecule has 0 bridgehead atoms. The number of furan rings is 2. The lowest BCUT2D eigenvalue weighted by Crippen LogP contribution is -1.93. The number of aromatic nitrogens is 1. The molecular formula is C51H33NO2. The summed E-state index contributed by atoms with van der Waals surface area (Å²) in [7, 11) is 0. The van der Waals surface area contributed by atoms with E-state index in [2.05, 4.69) is 169 Å². The first-order valence-corrected chi connectivity index (χ1v) is 18.4. The summed E-state index contributed by atoms with van der Waals surface area (Å²) in [5.74, 6) is 0. The van der Waals surface area contributed by atoms with Crippen molar-refractivity contribution in [2.45, 2.75) is 6.42 Å². The molecule has 3 heteroatoms. The van der Waals surface area contributed by atoms with Crippen LogP contribution < -0.4 is 0 Å². The van der Waals surface area contributed by atoms with E-state index in [4.69, 9.17) is 8.83 Å². The summed E-state index contributed by atoms with van der Waals surface area (Å²) in [4.78, 5) is 0. The van der Waals surface area contributed by atoms with Gasteiger partial charge in [0.25, 0.3) is 0 Å². The molecule has 11 rings (SSSR count). The van der Waals surface area contributed by atoms with E-state index < -0.39 is 0 Å². The fourth-order valence-electron chi connectivity index (χ4n) is 8.32. The number of nitrogens with zero attached hydrogens (tertiary/aromatic N) is 1. The van der Waals surface area contributed by atoms with Crippen LogP contribution in [-0.4, -0.2) is 4.57 Å². The molecule has 0 fully saturated rings. The second-order valence-electron chi connectivity index (χ2n) is 14.2. The van der Waals surface area contributed by atoms with Crippen LogP contribution in [0.15, 0.2) is 185 Å². The first kappa shape index (κ1) is 30.5. The fraction of sp³-hybridized carbons (Fsp3) is 0.0196. The highest BCUT2D eigenvalue weighted by molar-refractivity contribution is 6.12. The molecule has 0 radical (unpaired) electrons. The van der Waals surface area contributed by atoms with Crippen LogP contribution in [0.1, 0.15) is 16.7 Å². The summed E-state index contributed by atoms with van der Waals surface area (Å²) < 4.78 is 15.0. The molecule has 0 saturated carbocycles. The molecule has 0 amide bonds. The second kappa shape index (κ2) is 12.0. The standard InChI is InChI=1S/C51H33NO2/c1-2-32-16-22-48-43(27-32)41-20-15-34(28-51(41)54-48)25-33-9-8-12-36(26-33)38-18-23-49-44(30-38)45-31-39(19-24-50(45)53-49)52-46-14-7-6-13-40(46)42-29-37(17-21-47(42)52)35-10-4-3-5-11-35/h2-24,26-31H,1,25H2. The third-order valence-corrected chi connectivity index (χ3v) is 11.0. The van der Waals surface area contributed by atoms with Crippen molar-refractivity contribution in [1.82, 2.24) is 4.57 Å². The van der Waals surface area contributed by atoms with Gasteiger partial charge in [-0.2, -0.15) is 0 Å². The quantitative estimate of drug-likeness (QED) is 0.174. The Kier molecular flexibility index (Phi) is 6.77. The summed E-state index contributed by atoms with van der Waals surface area (Å²) in [5.41, 5.74) is 15.4. The van der Waals surface area contributed by atoms with Crippen molar-refractivity contribution in [3.8, 4) is 27.9 Å². The molecular weight excluding hydrogens is 659 g/mol. The zero-order chi connectivity index (χ0) is 35.8. The van der Waals surface area contributed by atoms with Crippen molar-refractivity contribution in [3.05, 3.63) is 193 Å². The minimum atomic E-state index is 0.810. The van der Waals surface area contributed by atoms with E-state index in [1.54, 1.807) is 0 Å². The molecule has 11 aromatic rings. The highest BCUT2D eigenvalue weighted by atomic mass is 16.3. The van der Waals surface area contributed by atoms with Crippen molar-refractivity contribution < 1.29 is 8.83 Å². The summed E-state index contributed by atoms with van der Waals surface area (Å²) in [6.45, 7) is 3.92. The lowest BCUT2D eigenvalue weighted by Gasteiger charge is -2.09. The Labute approximate surface area is 311 Å². The molecule has 3 nitrogen and oxygen atoms in total. The molecule has 0 aliphatic carbocycles. The van der Waals surface area contributed by atoms with Gasteiger partial charge in [0.2, 0.25) is 0 Å². The average Bonchev–Trinajstić information content (AvgIpc) is 3.89. The maximum atomic E-state index is 6.40. The van der Waals surface area contributed by atoms with Gasteiger partial charge >= 0.3 is 0 Å². The Balaban J connectivity index is 0.966. The van der Waals surface area contributed by atoms with Gasteiger partial charge in [-0.05, 0) is 112 Å². The topological polar surface area (TPSA) is 31.2 Å². The van der Waals surface area contributed by atoms with Crippen LogP contribution in [0.3, 0.4) is 0 Å². The Morgan fingerprint density at radius 2 is 1.06 bits per heavy atom. The maximum Gasteiger partial charge on any atom is 0.135 e. The first-order chi connectivity index (χ1) is 26.7. The van der Waals surface area contributed by atoms with E-state index >= 15 is 0 Å². The van der Waals surface area contributed by atoms with Crippen molar-refractivity contribution in [2.75, 3.05) is 0 Å². The minimum absolute atomic E-state index is 0.810. The number of fused-ring (bicyclic) bond motifs is 9.